The molecule has 1 saturated carbocycles. The Hall–Kier alpha value is -2.43. The molecule has 0 bridgehead atoms. The number of nitrogens with zero attached hydrogens (tertiary/aromatic N) is 1. The van der Waals surface area contributed by atoms with E-state index >= 15 is 0 Å². The lowest BCUT2D eigenvalue weighted by atomic mass is 10.0. The number of rotatable bonds is 7. The minimum atomic E-state index is -0.0272. The maximum atomic E-state index is 11.7. The van der Waals surface area contributed by atoms with Gasteiger partial charge in [-0.05, 0) is 68.5 Å². The van der Waals surface area contributed by atoms with Crippen molar-refractivity contribution in [2.24, 2.45) is 5.92 Å². The molecule has 2 N–H and O–H groups in total. The molecule has 0 aromatic heterocycles. The van der Waals surface area contributed by atoms with Gasteiger partial charge in [-0.25, -0.2) is 0 Å². The standard InChI is InChI=1S/C26H33N3O/c1-19(16-20-6-4-3-5-7-20)24-17-25(24)28-23-12-14-29(15-13-23)18-21-8-10-22(11-9-21)26(30)27-2/h3-11,16,23-25,28H,12-15,17-18H2,1-2H3,(H,27,30)/b19-16+/t24-,25?/m0/s1. The van der Waals surface area contributed by atoms with Crippen molar-refractivity contribution in [3.8, 4) is 0 Å². The molecule has 2 aliphatic rings. The number of hydrogen-bond acceptors (Lipinski definition) is 3. The summed E-state index contributed by atoms with van der Waals surface area (Å²) in [5.74, 6) is 0.669. The summed E-state index contributed by atoms with van der Waals surface area (Å²) in [6.07, 6.45) is 6.03. The van der Waals surface area contributed by atoms with E-state index in [0.29, 0.717) is 18.0 Å². The zero-order valence-corrected chi connectivity index (χ0v) is 18.1. The molecule has 1 saturated heterocycles. The third-order valence-electron chi connectivity index (χ3n) is 6.46. The molecule has 2 aromatic rings. The number of carbonyl (C=O) groups is 1. The third-order valence-corrected chi connectivity index (χ3v) is 6.46. The van der Waals surface area contributed by atoms with E-state index in [4.69, 9.17) is 0 Å². The van der Waals surface area contributed by atoms with Gasteiger partial charge < -0.3 is 10.6 Å². The highest BCUT2D eigenvalue weighted by Gasteiger charge is 2.39. The van der Waals surface area contributed by atoms with Gasteiger partial charge >= 0.3 is 0 Å². The minimum Gasteiger partial charge on any atom is -0.355 e. The Labute approximate surface area is 180 Å². The number of carbonyl (C=O) groups excluding carboxylic acids is 1. The summed E-state index contributed by atoms with van der Waals surface area (Å²) in [4.78, 5) is 14.2. The second-order valence-electron chi connectivity index (χ2n) is 8.74. The summed E-state index contributed by atoms with van der Waals surface area (Å²) in [5, 5.41) is 6.58. The highest BCUT2D eigenvalue weighted by molar-refractivity contribution is 5.93. The number of amides is 1. The second-order valence-corrected chi connectivity index (χ2v) is 8.74. The number of nitrogens with one attached hydrogen (secondary N) is 2. The molecule has 1 unspecified atom stereocenters. The predicted octanol–water partition coefficient (Wildman–Crippen LogP) is 4.09. The smallest absolute Gasteiger partial charge is 0.251 e. The molecular weight excluding hydrogens is 370 g/mol. The largest absolute Gasteiger partial charge is 0.355 e. The summed E-state index contributed by atoms with van der Waals surface area (Å²) < 4.78 is 0. The van der Waals surface area contributed by atoms with E-state index in [9.17, 15) is 4.79 Å². The Kier molecular flexibility index (Phi) is 6.66. The third kappa shape index (κ3) is 5.38. The van der Waals surface area contributed by atoms with Gasteiger partial charge in [0.2, 0.25) is 0 Å². The Balaban J connectivity index is 1.20. The monoisotopic (exact) mass is 403 g/mol. The molecule has 4 heteroatoms. The van der Waals surface area contributed by atoms with Gasteiger partial charge in [0.15, 0.2) is 0 Å². The summed E-state index contributed by atoms with van der Waals surface area (Å²) >= 11 is 0. The van der Waals surface area contributed by atoms with Crippen molar-refractivity contribution >= 4 is 12.0 Å². The fourth-order valence-corrected chi connectivity index (χ4v) is 4.53. The molecule has 1 aliphatic heterocycles. The zero-order valence-electron chi connectivity index (χ0n) is 18.1. The quantitative estimate of drug-likeness (QED) is 0.732. The SMILES string of the molecule is CNC(=O)c1ccc(CN2CCC(NC3C[C@H]3/C(C)=C/c3ccccc3)CC2)cc1. The van der Waals surface area contributed by atoms with Crippen molar-refractivity contribution in [2.75, 3.05) is 20.1 Å². The molecule has 4 nitrogen and oxygen atoms in total. The van der Waals surface area contributed by atoms with E-state index in [-0.39, 0.29) is 5.91 Å². The van der Waals surface area contributed by atoms with Crippen molar-refractivity contribution in [2.45, 2.75) is 44.8 Å². The first-order valence-electron chi connectivity index (χ1n) is 11.1. The van der Waals surface area contributed by atoms with Crippen LogP contribution in [0.3, 0.4) is 0 Å². The normalized spacial score (nSPS) is 22.7. The highest BCUT2D eigenvalue weighted by Crippen LogP contribution is 2.38. The molecule has 0 radical (unpaired) electrons. The predicted molar refractivity (Wildman–Crippen MR) is 123 cm³/mol. The lowest BCUT2D eigenvalue weighted by molar-refractivity contribution is 0.0963. The first kappa shape index (κ1) is 20.8. The van der Waals surface area contributed by atoms with Crippen molar-refractivity contribution in [1.82, 2.24) is 15.5 Å². The topological polar surface area (TPSA) is 44.4 Å². The van der Waals surface area contributed by atoms with Crippen LogP contribution in [0.15, 0.2) is 60.2 Å². The van der Waals surface area contributed by atoms with Crippen molar-refractivity contribution in [3.05, 3.63) is 76.9 Å². The maximum Gasteiger partial charge on any atom is 0.251 e. The van der Waals surface area contributed by atoms with Crippen molar-refractivity contribution < 1.29 is 4.79 Å². The van der Waals surface area contributed by atoms with E-state index in [1.807, 2.05) is 12.1 Å². The van der Waals surface area contributed by atoms with Crippen LogP contribution in [0, 0.1) is 5.92 Å². The molecule has 0 spiro atoms. The highest BCUT2D eigenvalue weighted by atomic mass is 16.1. The van der Waals surface area contributed by atoms with Crippen LogP contribution >= 0.6 is 0 Å². The average Bonchev–Trinajstić information content (AvgIpc) is 3.55. The van der Waals surface area contributed by atoms with Crippen LogP contribution in [0.25, 0.3) is 6.08 Å². The van der Waals surface area contributed by atoms with Crippen LogP contribution < -0.4 is 10.6 Å². The fourth-order valence-electron chi connectivity index (χ4n) is 4.53. The van der Waals surface area contributed by atoms with Gasteiger partial charge in [0.25, 0.3) is 5.91 Å². The van der Waals surface area contributed by atoms with Gasteiger partial charge in [0, 0.05) is 31.2 Å². The van der Waals surface area contributed by atoms with Gasteiger partial charge in [-0.15, -0.1) is 0 Å². The van der Waals surface area contributed by atoms with E-state index in [2.05, 4.69) is 71.0 Å². The molecule has 1 heterocycles. The number of piperidine rings is 1. The van der Waals surface area contributed by atoms with Crippen LogP contribution in [0.2, 0.25) is 0 Å². The average molecular weight is 404 g/mol. The van der Waals surface area contributed by atoms with E-state index < -0.39 is 0 Å². The van der Waals surface area contributed by atoms with Gasteiger partial charge in [0.05, 0.1) is 0 Å². The Bertz CT molecular complexity index is 867. The minimum absolute atomic E-state index is 0.0272. The summed E-state index contributed by atoms with van der Waals surface area (Å²) in [5.41, 5.74) is 4.80. The molecule has 1 amide bonds. The molecule has 4 rings (SSSR count). The fraction of sp³-hybridized carbons (Fsp3) is 0.423. The molecule has 1 aliphatic carbocycles. The van der Waals surface area contributed by atoms with Crippen LogP contribution in [-0.2, 0) is 6.54 Å². The Morgan fingerprint density at radius 1 is 1.07 bits per heavy atom. The van der Waals surface area contributed by atoms with E-state index in [0.717, 1.165) is 25.2 Å². The molecule has 2 fully saturated rings. The lowest BCUT2D eigenvalue weighted by Gasteiger charge is -2.32. The summed E-state index contributed by atoms with van der Waals surface area (Å²) in [7, 11) is 1.67. The number of hydrogen-bond donors (Lipinski definition) is 2. The Morgan fingerprint density at radius 2 is 1.77 bits per heavy atom. The zero-order chi connectivity index (χ0) is 20.9. The lowest BCUT2D eigenvalue weighted by Crippen LogP contribution is -2.43. The van der Waals surface area contributed by atoms with Crippen LogP contribution in [-0.4, -0.2) is 43.0 Å². The molecule has 2 atom stereocenters. The molecule has 30 heavy (non-hydrogen) atoms. The van der Waals surface area contributed by atoms with E-state index in [1.165, 1.54) is 36.0 Å². The van der Waals surface area contributed by atoms with Gasteiger partial charge in [-0.3, -0.25) is 9.69 Å². The molecule has 158 valence electrons. The van der Waals surface area contributed by atoms with Crippen molar-refractivity contribution in [3.63, 3.8) is 0 Å². The van der Waals surface area contributed by atoms with Gasteiger partial charge in [0.1, 0.15) is 0 Å². The van der Waals surface area contributed by atoms with E-state index in [1.54, 1.807) is 7.05 Å². The molecule has 2 aromatic carbocycles. The van der Waals surface area contributed by atoms with Crippen LogP contribution in [0.5, 0.6) is 0 Å². The first-order chi connectivity index (χ1) is 14.6. The van der Waals surface area contributed by atoms with Gasteiger partial charge in [-0.1, -0.05) is 54.1 Å². The van der Waals surface area contributed by atoms with Crippen LogP contribution in [0.1, 0.15) is 47.7 Å². The number of benzene rings is 2. The van der Waals surface area contributed by atoms with Crippen LogP contribution in [0.4, 0.5) is 0 Å². The second kappa shape index (κ2) is 9.59. The van der Waals surface area contributed by atoms with Gasteiger partial charge in [-0.2, -0.15) is 0 Å². The van der Waals surface area contributed by atoms with Crippen molar-refractivity contribution in [1.29, 1.82) is 0 Å². The summed E-state index contributed by atoms with van der Waals surface area (Å²) in [6.45, 7) is 5.50. The Morgan fingerprint density at radius 3 is 2.43 bits per heavy atom. The number of likely N-dealkylation sites (tertiary alicyclic amines) is 1. The maximum absolute atomic E-state index is 11.7. The molecular formula is C26H33N3O. The first-order valence-corrected chi connectivity index (χ1v) is 11.1. The summed E-state index contributed by atoms with van der Waals surface area (Å²) in [6, 6.07) is 19.9.